The largest absolute Gasteiger partial charge is 0.850 e. The maximum atomic E-state index is 10.1. The van der Waals surface area contributed by atoms with Crippen LogP contribution in [-0.4, -0.2) is 18.9 Å². The molecular weight excluding hydrogens is 186 g/mol. The fourth-order valence-corrected chi connectivity index (χ4v) is 0. The number of hydrogen-bond donors (Lipinski definition) is 3. The third-order valence-corrected chi connectivity index (χ3v) is 0. The molecule has 82 valence electrons. The highest BCUT2D eigenvalue weighted by molar-refractivity contribution is 7.72. The van der Waals surface area contributed by atoms with Gasteiger partial charge >= 0.3 is 0 Å². The zero-order chi connectivity index (χ0) is 8.08. The zero-order valence-corrected chi connectivity index (χ0v) is 9.36. The number of rotatable bonds is 0. The average Bonchev–Trinajstić information content (AvgIpc) is 1.19. The minimum atomic E-state index is -3.11. The van der Waals surface area contributed by atoms with Crippen LogP contribution in [0.3, 0.4) is 0 Å². The van der Waals surface area contributed by atoms with Gasteiger partial charge in [-0.3, -0.25) is 4.21 Å². The first-order valence-corrected chi connectivity index (χ1v) is 3.20. The van der Waals surface area contributed by atoms with Gasteiger partial charge in [-0.1, -0.05) is 20.8 Å². The SMILES string of the molecule is CC(C)(C)[O-].O=S([O-])[O-].[NH4+].[NH4+].[NH4+]. The maximum Gasteiger partial charge on any atom is -0.0756 e. The highest BCUT2D eigenvalue weighted by atomic mass is 32.2. The van der Waals surface area contributed by atoms with Crippen molar-refractivity contribution in [2.24, 2.45) is 0 Å². The van der Waals surface area contributed by atoms with Crippen molar-refractivity contribution in [3.8, 4) is 0 Å². The molecule has 0 atom stereocenters. The van der Waals surface area contributed by atoms with Gasteiger partial charge in [0, 0.05) is 0 Å². The van der Waals surface area contributed by atoms with E-state index in [-0.39, 0.29) is 18.5 Å². The van der Waals surface area contributed by atoms with Crippen molar-refractivity contribution in [1.82, 2.24) is 18.5 Å². The van der Waals surface area contributed by atoms with Crippen LogP contribution in [0.5, 0.6) is 0 Å². The van der Waals surface area contributed by atoms with E-state index in [1.54, 1.807) is 20.8 Å². The lowest BCUT2D eigenvalue weighted by Gasteiger charge is -2.23. The average molecular weight is 207 g/mol. The van der Waals surface area contributed by atoms with Gasteiger partial charge < -0.3 is 32.7 Å². The summed E-state index contributed by atoms with van der Waals surface area (Å²) in [6, 6.07) is 0. The molecule has 0 spiro atoms. The third-order valence-electron chi connectivity index (χ3n) is 0. The Hall–Kier alpha value is -0.0900. The van der Waals surface area contributed by atoms with Gasteiger partial charge in [-0.15, -0.1) is 17.0 Å². The van der Waals surface area contributed by atoms with Crippen LogP contribution in [0.2, 0.25) is 0 Å². The Labute approximate surface area is 75.4 Å². The van der Waals surface area contributed by atoms with Gasteiger partial charge in [0.25, 0.3) is 0 Å². The Morgan fingerprint density at radius 1 is 1.00 bits per heavy atom. The fraction of sp³-hybridized carbons (Fsp3) is 1.00. The summed E-state index contributed by atoms with van der Waals surface area (Å²) in [5.41, 5.74) is -0.750. The quantitative estimate of drug-likeness (QED) is 0.479. The predicted octanol–water partition coefficient (Wildman–Crippen LogP) is 0.270. The van der Waals surface area contributed by atoms with Crippen LogP contribution in [0, 0.1) is 0 Å². The molecular formula is C4H21N3O4S. The Balaban J connectivity index is -0.0000000221. The molecule has 0 fully saturated rings. The Morgan fingerprint density at radius 3 is 1.00 bits per heavy atom. The molecule has 0 aliphatic carbocycles. The van der Waals surface area contributed by atoms with Crippen LogP contribution in [0.4, 0.5) is 0 Å². The highest BCUT2D eigenvalue weighted by Gasteiger charge is 1.83. The summed E-state index contributed by atoms with van der Waals surface area (Å²) in [4.78, 5) is 0. The maximum absolute atomic E-state index is 10.1. The molecule has 8 heteroatoms. The Kier molecular flexibility index (Phi) is 33.4. The molecule has 12 heavy (non-hydrogen) atoms. The van der Waals surface area contributed by atoms with E-state index in [0.717, 1.165) is 0 Å². The first-order valence-electron chi connectivity index (χ1n) is 2.20. The summed E-state index contributed by atoms with van der Waals surface area (Å²) >= 11 is -3.11. The molecule has 0 aromatic heterocycles. The number of quaternary nitrogens is 3. The molecule has 12 N–H and O–H groups in total. The van der Waals surface area contributed by atoms with Crippen LogP contribution in [0.25, 0.3) is 0 Å². The Bertz CT molecular complexity index is 84.8. The molecule has 0 heterocycles. The van der Waals surface area contributed by atoms with Crippen LogP contribution in [0.1, 0.15) is 20.8 Å². The van der Waals surface area contributed by atoms with Gasteiger partial charge in [-0.05, 0) is 0 Å². The molecule has 0 rings (SSSR count). The lowest BCUT2D eigenvalue weighted by molar-refractivity contribution is -0.458. The van der Waals surface area contributed by atoms with Crippen LogP contribution >= 0.6 is 0 Å². The normalized spacial score (nSPS) is 7.92. The van der Waals surface area contributed by atoms with E-state index >= 15 is 0 Å². The lowest BCUT2D eigenvalue weighted by Crippen LogP contribution is -2.31. The van der Waals surface area contributed by atoms with Crippen molar-refractivity contribution in [3.63, 3.8) is 0 Å². The summed E-state index contributed by atoms with van der Waals surface area (Å²) in [7, 11) is 0. The highest BCUT2D eigenvalue weighted by Crippen LogP contribution is 1.87. The standard InChI is InChI=1S/C4H9O.3H3N.H2O3S/c1-4(2,3)5;;;;1-4(2)3/h1-3H3;3*1H3;(H2,1,2,3)/q-1;;;;/p+1. The van der Waals surface area contributed by atoms with Gasteiger partial charge in [-0.25, -0.2) is 0 Å². The first-order chi connectivity index (χ1) is 3.73. The van der Waals surface area contributed by atoms with Crippen LogP contribution in [0.15, 0.2) is 0 Å². The molecule has 0 amide bonds. The summed E-state index contributed by atoms with van der Waals surface area (Å²) in [6.45, 7) is 4.90. The van der Waals surface area contributed by atoms with E-state index in [1.807, 2.05) is 0 Å². The minimum absolute atomic E-state index is 0. The third kappa shape index (κ3) is 97100. The van der Waals surface area contributed by atoms with E-state index in [0.29, 0.717) is 0 Å². The summed E-state index contributed by atoms with van der Waals surface area (Å²) in [5, 5.41) is 10.1. The smallest absolute Gasteiger partial charge is 0.0756 e. The predicted molar refractivity (Wildman–Crippen MR) is 47.4 cm³/mol. The first kappa shape index (κ1) is 29.7. The van der Waals surface area contributed by atoms with Crippen molar-refractivity contribution >= 4 is 11.4 Å². The van der Waals surface area contributed by atoms with Gasteiger partial charge in [0.2, 0.25) is 0 Å². The van der Waals surface area contributed by atoms with E-state index in [9.17, 15) is 5.11 Å². The fourth-order valence-electron chi connectivity index (χ4n) is 0. The van der Waals surface area contributed by atoms with Crippen molar-refractivity contribution in [1.29, 1.82) is 0 Å². The topological polar surface area (TPSA) is 196 Å². The molecule has 0 saturated carbocycles. The molecule has 0 aliphatic heterocycles. The van der Waals surface area contributed by atoms with E-state index in [4.69, 9.17) is 13.3 Å². The van der Waals surface area contributed by atoms with Crippen molar-refractivity contribution in [2.75, 3.05) is 0 Å². The lowest BCUT2D eigenvalue weighted by atomic mass is 10.2. The molecule has 0 saturated heterocycles. The zero-order valence-electron chi connectivity index (χ0n) is 8.54. The monoisotopic (exact) mass is 207 g/mol. The van der Waals surface area contributed by atoms with Gasteiger partial charge in [0.1, 0.15) is 0 Å². The molecule has 0 bridgehead atoms. The van der Waals surface area contributed by atoms with E-state index in [1.165, 1.54) is 0 Å². The van der Waals surface area contributed by atoms with Crippen molar-refractivity contribution in [3.05, 3.63) is 0 Å². The van der Waals surface area contributed by atoms with Crippen LogP contribution in [-0.2, 0) is 11.4 Å². The minimum Gasteiger partial charge on any atom is -0.850 e. The van der Waals surface area contributed by atoms with E-state index < -0.39 is 17.0 Å². The summed E-state index contributed by atoms with van der Waals surface area (Å²) < 4.78 is 25.3. The molecule has 0 unspecified atom stereocenters. The van der Waals surface area contributed by atoms with Crippen LogP contribution < -0.4 is 23.6 Å². The Morgan fingerprint density at radius 2 is 1.00 bits per heavy atom. The summed E-state index contributed by atoms with van der Waals surface area (Å²) in [6.07, 6.45) is 0. The number of hydrogen-bond acceptors (Lipinski definition) is 4. The van der Waals surface area contributed by atoms with Gasteiger partial charge in [0.05, 0.1) is 0 Å². The second-order valence-electron chi connectivity index (χ2n) is 2.32. The molecule has 0 radical (unpaired) electrons. The van der Waals surface area contributed by atoms with Gasteiger partial charge in [0.15, 0.2) is 0 Å². The molecule has 0 aromatic rings. The summed E-state index contributed by atoms with van der Waals surface area (Å²) in [5.74, 6) is 0. The molecule has 7 nitrogen and oxygen atoms in total. The second-order valence-corrected chi connectivity index (χ2v) is 2.72. The molecule has 0 aromatic carbocycles. The molecule has 0 aliphatic rings. The van der Waals surface area contributed by atoms with E-state index in [2.05, 4.69) is 0 Å². The van der Waals surface area contributed by atoms with Crippen molar-refractivity contribution < 1.29 is 18.4 Å². The van der Waals surface area contributed by atoms with Gasteiger partial charge in [-0.2, -0.15) is 0 Å². The van der Waals surface area contributed by atoms with Crippen molar-refractivity contribution in [2.45, 2.75) is 26.4 Å². The second kappa shape index (κ2) is 13.5.